The van der Waals surface area contributed by atoms with Gasteiger partial charge in [-0.2, -0.15) is 0 Å². The van der Waals surface area contributed by atoms with E-state index < -0.39 is 6.10 Å². The highest BCUT2D eigenvalue weighted by Gasteiger charge is 2.35. The second kappa shape index (κ2) is 4.86. The summed E-state index contributed by atoms with van der Waals surface area (Å²) >= 11 is 0. The van der Waals surface area contributed by atoms with Gasteiger partial charge in [0.05, 0.1) is 12.3 Å². The Labute approximate surface area is 106 Å². The summed E-state index contributed by atoms with van der Waals surface area (Å²) in [7, 11) is 0. The fourth-order valence-corrected chi connectivity index (χ4v) is 2.06. The van der Waals surface area contributed by atoms with Crippen LogP contribution in [-0.2, 0) is 4.79 Å². The number of rotatable bonds is 3. The van der Waals surface area contributed by atoms with E-state index in [4.69, 9.17) is 15.6 Å². The predicted molar refractivity (Wildman–Crippen MR) is 69.5 cm³/mol. The van der Waals surface area contributed by atoms with Gasteiger partial charge in [-0.25, -0.2) is 0 Å². The minimum atomic E-state index is -0.522. The lowest BCUT2D eigenvalue weighted by Crippen LogP contribution is -2.49. The van der Waals surface area contributed by atoms with Crippen LogP contribution >= 0.6 is 0 Å². The topological polar surface area (TPSA) is 75.8 Å². The highest BCUT2D eigenvalue weighted by Crippen LogP contribution is 2.36. The summed E-state index contributed by atoms with van der Waals surface area (Å²) in [5.41, 5.74) is 6.98. The van der Waals surface area contributed by atoms with Crippen LogP contribution in [0.3, 0.4) is 0 Å². The zero-order chi connectivity index (χ0) is 13.3. The molecule has 18 heavy (non-hydrogen) atoms. The van der Waals surface area contributed by atoms with Crippen molar-refractivity contribution in [2.24, 2.45) is 5.92 Å². The third-order valence-corrected chi connectivity index (χ3v) is 2.97. The van der Waals surface area contributed by atoms with E-state index in [-0.39, 0.29) is 25.0 Å². The van der Waals surface area contributed by atoms with E-state index in [9.17, 15) is 4.79 Å². The molecule has 0 aliphatic carbocycles. The van der Waals surface area contributed by atoms with Gasteiger partial charge in [-0.1, -0.05) is 13.8 Å². The van der Waals surface area contributed by atoms with Gasteiger partial charge in [-0.3, -0.25) is 4.79 Å². The van der Waals surface area contributed by atoms with E-state index in [1.165, 1.54) is 0 Å². The number of benzene rings is 1. The van der Waals surface area contributed by atoms with Crippen LogP contribution in [0.25, 0.3) is 0 Å². The Hall–Kier alpha value is -1.75. The molecule has 1 aromatic carbocycles. The first kappa shape index (κ1) is 12.7. The van der Waals surface area contributed by atoms with Gasteiger partial charge >= 0.3 is 0 Å². The highest BCUT2D eigenvalue weighted by atomic mass is 16.5. The summed E-state index contributed by atoms with van der Waals surface area (Å²) in [5, 5.41) is 9.08. The average molecular weight is 250 g/mol. The summed E-state index contributed by atoms with van der Waals surface area (Å²) in [6.07, 6.45) is -0.522. The first-order chi connectivity index (χ1) is 8.54. The molecule has 0 radical (unpaired) electrons. The second-order valence-corrected chi connectivity index (χ2v) is 4.72. The van der Waals surface area contributed by atoms with Gasteiger partial charge in [-0.15, -0.1) is 0 Å². The number of anilines is 2. The molecule has 1 aromatic rings. The van der Waals surface area contributed by atoms with Crippen molar-refractivity contribution in [2.75, 3.05) is 23.8 Å². The monoisotopic (exact) mass is 250 g/mol. The molecule has 2 rings (SSSR count). The van der Waals surface area contributed by atoms with Crippen molar-refractivity contribution in [2.45, 2.75) is 20.0 Å². The van der Waals surface area contributed by atoms with Crippen molar-refractivity contribution in [3.05, 3.63) is 18.2 Å². The number of aliphatic hydroxyl groups is 1. The van der Waals surface area contributed by atoms with Gasteiger partial charge in [0, 0.05) is 18.3 Å². The van der Waals surface area contributed by atoms with Crippen molar-refractivity contribution >= 4 is 17.3 Å². The number of ether oxygens (including phenoxy) is 1. The molecule has 1 aliphatic heterocycles. The highest BCUT2D eigenvalue weighted by molar-refractivity contribution is 6.00. The average Bonchev–Trinajstić information content (AvgIpc) is 2.32. The summed E-state index contributed by atoms with van der Waals surface area (Å²) in [4.78, 5) is 13.8. The zero-order valence-electron chi connectivity index (χ0n) is 10.6. The third kappa shape index (κ3) is 2.13. The number of nitrogens with zero attached hydrogens (tertiary/aromatic N) is 1. The molecule has 3 N–H and O–H groups in total. The molecule has 0 saturated heterocycles. The molecule has 0 fully saturated rings. The predicted octanol–water partition coefficient (Wildman–Crippen LogP) is 1.01. The number of fused-ring (bicyclic) bond motifs is 1. The minimum absolute atomic E-state index is 0.0632. The molecule has 0 aromatic heterocycles. The number of nitrogen functional groups attached to an aromatic ring is 1. The number of nitrogens with two attached hydrogens (primary N) is 1. The molecule has 0 spiro atoms. The van der Waals surface area contributed by atoms with Crippen LogP contribution in [0.1, 0.15) is 13.8 Å². The van der Waals surface area contributed by atoms with Gasteiger partial charge in [0.25, 0.3) is 5.91 Å². The number of carbonyl (C=O) groups is 1. The lowest BCUT2D eigenvalue weighted by Gasteiger charge is -2.35. The van der Waals surface area contributed by atoms with E-state index in [1.54, 1.807) is 23.1 Å². The molecule has 98 valence electrons. The largest absolute Gasteiger partial charge is 0.478 e. The van der Waals surface area contributed by atoms with Crippen LogP contribution in [0.15, 0.2) is 18.2 Å². The van der Waals surface area contributed by atoms with Gasteiger partial charge in [0.2, 0.25) is 0 Å². The number of amides is 1. The van der Waals surface area contributed by atoms with E-state index in [0.717, 1.165) is 0 Å². The summed E-state index contributed by atoms with van der Waals surface area (Å²) in [6, 6.07) is 5.17. The zero-order valence-corrected chi connectivity index (χ0v) is 10.6. The minimum Gasteiger partial charge on any atom is -0.478 e. The molecule has 1 aliphatic rings. The van der Waals surface area contributed by atoms with Crippen molar-refractivity contribution in [1.82, 2.24) is 0 Å². The lowest BCUT2D eigenvalue weighted by molar-refractivity contribution is -0.128. The summed E-state index contributed by atoms with van der Waals surface area (Å²) in [5.74, 6) is 0.548. The first-order valence-electron chi connectivity index (χ1n) is 6.03. The molecule has 0 saturated carbocycles. The van der Waals surface area contributed by atoms with Gasteiger partial charge < -0.3 is 20.5 Å². The smallest absolute Gasteiger partial charge is 0.268 e. The number of hydrogen-bond donors (Lipinski definition) is 2. The van der Waals surface area contributed by atoms with Crippen LogP contribution in [0.2, 0.25) is 0 Å². The molecule has 5 heteroatoms. The molecule has 1 unspecified atom stereocenters. The second-order valence-electron chi connectivity index (χ2n) is 4.72. The molecule has 1 heterocycles. The van der Waals surface area contributed by atoms with Crippen LogP contribution in [0.4, 0.5) is 11.4 Å². The van der Waals surface area contributed by atoms with Crippen molar-refractivity contribution < 1.29 is 14.6 Å². The van der Waals surface area contributed by atoms with E-state index in [2.05, 4.69) is 0 Å². The Morgan fingerprint density at radius 2 is 2.22 bits per heavy atom. The normalized spacial score (nSPS) is 18.8. The quantitative estimate of drug-likeness (QED) is 0.785. The molecule has 0 bridgehead atoms. The SMILES string of the molecule is CC(C)C1Oc2cc(N)ccc2N(CCO)C1=O. The maximum absolute atomic E-state index is 12.3. The number of β-amino-alcohol motifs (C(OH)–C–C–N with tert-alkyl or cyclic N) is 1. The Bertz CT molecular complexity index is 460. The maximum Gasteiger partial charge on any atom is 0.268 e. The molecular weight excluding hydrogens is 232 g/mol. The lowest BCUT2D eigenvalue weighted by atomic mass is 10.0. The first-order valence-corrected chi connectivity index (χ1v) is 6.03. The van der Waals surface area contributed by atoms with Gasteiger partial charge in [0.15, 0.2) is 6.10 Å². The Balaban J connectivity index is 2.43. The molecule has 1 atom stereocenters. The van der Waals surface area contributed by atoms with Crippen LogP contribution < -0.4 is 15.4 Å². The van der Waals surface area contributed by atoms with E-state index in [1.807, 2.05) is 13.8 Å². The fraction of sp³-hybridized carbons (Fsp3) is 0.462. The number of aliphatic hydroxyl groups excluding tert-OH is 1. The van der Waals surface area contributed by atoms with Gasteiger partial charge in [-0.05, 0) is 18.1 Å². The number of hydrogen-bond acceptors (Lipinski definition) is 4. The van der Waals surface area contributed by atoms with Crippen LogP contribution in [-0.4, -0.2) is 30.3 Å². The Morgan fingerprint density at radius 3 is 2.83 bits per heavy atom. The van der Waals surface area contributed by atoms with Gasteiger partial charge in [0.1, 0.15) is 5.75 Å². The van der Waals surface area contributed by atoms with Crippen LogP contribution in [0, 0.1) is 5.92 Å². The van der Waals surface area contributed by atoms with Crippen molar-refractivity contribution in [3.8, 4) is 5.75 Å². The van der Waals surface area contributed by atoms with E-state index in [0.29, 0.717) is 17.1 Å². The molecular formula is C13H18N2O3. The summed E-state index contributed by atoms with van der Waals surface area (Å²) < 4.78 is 5.71. The Morgan fingerprint density at radius 1 is 1.50 bits per heavy atom. The maximum atomic E-state index is 12.3. The molecule has 5 nitrogen and oxygen atoms in total. The standard InChI is InChI=1S/C13H18N2O3/c1-8(2)12-13(17)15(5-6-16)10-4-3-9(14)7-11(10)18-12/h3-4,7-8,12,16H,5-6,14H2,1-2H3. The van der Waals surface area contributed by atoms with Crippen LogP contribution in [0.5, 0.6) is 5.75 Å². The van der Waals surface area contributed by atoms with E-state index >= 15 is 0 Å². The molecule has 1 amide bonds. The fourth-order valence-electron chi connectivity index (χ4n) is 2.06. The third-order valence-electron chi connectivity index (χ3n) is 2.97. The van der Waals surface area contributed by atoms with Crippen molar-refractivity contribution in [1.29, 1.82) is 0 Å². The number of carbonyl (C=O) groups excluding carboxylic acids is 1. The van der Waals surface area contributed by atoms with Crippen molar-refractivity contribution in [3.63, 3.8) is 0 Å². The summed E-state index contributed by atoms with van der Waals surface area (Å²) in [6.45, 7) is 4.04. The Kier molecular flexibility index (Phi) is 3.43.